The molecule has 5 nitrogen and oxygen atoms in total. The number of hydrogen-bond donors (Lipinski definition) is 0. The van der Waals surface area contributed by atoms with Gasteiger partial charge in [-0.05, 0) is 49.9 Å². The summed E-state index contributed by atoms with van der Waals surface area (Å²) in [6.45, 7) is 5.00. The Bertz CT molecular complexity index is 981. The van der Waals surface area contributed by atoms with Gasteiger partial charge in [-0.15, -0.1) is 0 Å². The smallest absolute Gasteiger partial charge is 0.243 e. The lowest BCUT2D eigenvalue weighted by atomic mass is 9.99. The predicted octanol–water partition coefficient (Wildman–Crippen LogP) is 4.75. The van der Waals surface area contributed by atoms with Crippen molar-refractivity contribution in [3.8, 4) is 0 Å². The second-order valence-electron chi connectivity index (χ2n) is 7.85. The molecule has 0 unspecified atom stereocenters. The zero-order valence-corrected chi connectivity index (χ0v) is 19.5. The van der Waals surface area contributed by atoms with Gasteiger partial charge < -0.3 is 4.90 Å². The Morgan fingerprint density at radius 2 is 1.63 bits per heavy atom. The lowest BCUT2D eigenvalue weighted by Gasteiger charge is -2.32. The molecule has 2 aromatic carbocycles. The molecule has 1 heterocycles. The second kappa shape index (κ2) is 9.69. The molecule has 30 heavy (non-hydrogen) atoms. The van der Waals surface area contributed by atoms with Crippen LogP contribution in [-0.2, 0) is 21.4 Å². The highest BCUT2D eigenvalue weighted by atomic mass is 35.5. The highest BCUT2D eigenvalue weighted by Crippen LogP contribution is 2.28. The molecular weight excluding hydrogens is 443 g/mol. The zero-order valence-electron chi connectivity index (χ0n) is 17.1. The van der Waals surface area contributed by atoms with Crippen molar-refractivity contribution in [1.29, 1.82) is 0 Å². The van der Waals surface area contributed by atoms with Crippen molar-refractivity contribution in [3.05, 3.63) is 63.6 Å². The van der Waals surface area contributed by atoms with Crippen molar-refractivity contribution in [2.24, 2.45) is 5.92 Å². The Kier molecular flexibility index (Phi) is 7.45. The van der Waals surface area contributed by atoms with E-state index in [9.17, 15) is 13.2 Å². The summed E-state index contributed by atoms with van der Waals surface area (Å²) in [6, 6.07) is 11.6. The van der Waals surface area contributed by atoms with E-state index in [1.807, 2.05) is 6.92 Å². The zero-order chi connectivity index (χ0) is 21.9. The van der Waals surface area contributed by atoms with Crippen molar-refractivity contribution in [2.75, 3.05) is 19.6 Å². The lowest BCUT2D eigenvalue weighted by molar-refractivity contribution is -0.132. The summed E-state index contributed by atoms with van der Waals surface area (Å²) in [5, 5.41) is 0.733. The van der Waals surface area contributed by atoms with E-state index < -0.39 is 10.0 Å². The fourth-order valence-electron chi connectivity index (χ4n) is 3.45. The van der Waals surface area contributed by atoms with Gasteiger partial charge in [-0.1, -0.05) is 53.9 Å². The number of amides is 1. The van der Waals surface area contributed by atoms with Crippen LogP contribution in [0, 0.1) is 12.8 Å². The first-order valence-electron chi connectivity index (χ1n) is 9.96. The van der Waals surface area contributed by atoms with Crippen molar-refractivity contribution in [3.63, 3.8) is 0 Å². The van der Waals surface area contributed by atoms with E-state index >= 15 is 0 Å². The van der Waals surface area contributed by atoms with Crippen molar-refractivity contribution in [1.82, 2.24) is 9.21 Å². The van der Waals surface area contributed by atoms with Gasteiger partial charge in [0.05, 0.1) is 11.4 Å². The van der Waals surface area contributed by atoms with Gasteiger partial charge in [0.1, 0.15) is 0 Å². The van der Waals surface area contributed by atoms with Crippen LogP contribution < -0.4 is 0 Å². The molecule has 1 aliphatic heterocycles. The maximum absolute atomic E-state index is 13.4. The van der Waals surface area contributed by atoms with Crippen LogP contribution in [0.5, 0.6) is 0 Å². The Morgan fingerprint density at radius 3 is 2.20 bits per heavy atom. The van der Waals surface area contributed by atoms with Crippen molar-refractivity contribution < 1.29 is 13.2 Å². The molecule has 0 aliphatic carbocycles. The molecule has 0 atom stereocenters. The Balaban J connectivity index is 1.92. The Labute approximate surface area is 188 Å². The first kappa shape index (κ1) is 23.1. The van der Waals surface area contributed by atoms with E-state index in [2.05, 4.69) is 6.92 Å². The number of hydrogen-bond acceptors (Lipinski definition) is 3. The predicted molar refractivity (Wildman–Crippen MR) is 120 cm³/mol. The molecule has 0 aromatic heterocycles. The maximum Gasteiger partial charge on any atom is 0.243 e. The summed E-state index contributed by atoms with van der Waals surface area (Å²) in [5.74, 6) is 0.365. The number of likely N-dealkylation sites (tertiary alicyclic amines) is 1. The van der Waals surface area contributed by atoms with E-state index in [4.69, 9.17) is 23.2 Å². The molecule has 0 spiro atoms. The van der Waals surface area contributed by atoms with E-state index in [0.717, 1.165) is 18.4 Å². The van der Waals surface area contributed by atoms with Gasteiger partial charge in [0.15, 0.2) is 0 Å². The van der Waals surface area contributed by atoms with Crippen molar-refractivity contribution >= 4 is 39.1 Å². The van der Waals surface area contributed by atoms with Gasteiger partial charge in [-0.2, -0.15) is 4.31 Å². The van der Waals surface area contributed by atoms with Gasteiger partial charge in [-0.25, -0.2) is 8.42 Å². The van der Waals surface area contributed by atoms with Crippen LogP contribution in [0.2, 0.25) is 10.0 Å². The number of piperidine rings is 1. The minimum absolute atomic E-state index is 0.0787. The quantitative estimate of drug-likeness (QED) is 0.614. The van der Waals surface area contributed by atoms with Crippen LogP contribution in [-0.4, -0.2) is 43.2 Å². The third-order valence-corrected chi connectivity index (χ3v) is 8.02. The number of halogens is 2. The highest BCUT2D eigenvalue weighted by Gasteiger charge is 2.30. The number of rotatable bonds is 6. The molecule has 0 radical (unpaired) electrons. The van der Waals surface area contributed by atoms with Crippen LogP contribution in [0.25, 0.3) is 0 Å². The molecule has 8 heteroatoms. The molecule has 1 saturated heterocycles. The second-order valence-corrected chi connectivity index (χ2v) is 10.6. The van der Waals surface area contributed by atoms with Gasteiger partial charge in [0.2, 0.25) is 15.9 Å². The molecule has 162 valence electrons. The van der Waals surface area contributed by atoms with Crippen LogP contribution >= 0.6 is 23.2 Å². The van der Waals surface area contributed by atoms with Crippen LogP contribution in [0.1, 0.15) is 30.9 Å². The number of sulfonamides is 1. The topological polar surface area (TPSA) is 57.7 Å². The highest BCUT2D eigenvalue weighted by molar-refractivity contribution is 7.89. The fraction of sp³-hybridized carbons (Fsp3) is 0.409. The van der Waals surface area contributed by atoms with Gasteiger partial charge in [-0.3, -0.25) is 4.79 Å². The molecule has 1 amide bonds. The van der Waals surface area contributed by atoms with Gasteiger partial charge in [0.25, 0.3) is 0 Å². The van der Waals surface area contributed by atoms with Crippen LogP contribution in [0.15, 0.2) is 47.4 Å². The standard InChI is InChI=1S/C22H26Cl2N2O3S/c1-16-6-8-18(9-7-16)30(28,29)26(14-19-20(23)4-3-5-21(19)24)15-22(27)25-12-10-17(2)11-13-25/h3-9,17H,10-15H2,1-2H3. The van der Waals surface area contributed by atoms with E-state index in [1.165, 1.54) is 4.31 Å². The Hall–Kier alpha value is -1.60. The lowest BCUT2D eigenvalue weighted by Crippen LogP contribution is -2.45. The number of aryl methyl sites for hydroxylation is 1. The summed E-state index contributed by atoms with van der Waals surface area (Å²) in [4.78, 5) is 14.8. The molecule has 0 N–H and O–H groups in total. The third-order valence-electron chi connectivity index (χ3n) is 5.50. The number of carbonyl (C=O) groups excluding carboxylic acids is 1. The minimum Gasteiger partial charge on any atom is -0.342 e. The first-order chi connectivity index (χ1) is 14.2. The molecular formula is C22H26Cl2N2O3S. The minimum atomic E-state index is -3.93. The fourth-order valence-corrected chi connectivity index (χ4v) is 5.33. The largest absolute Gasteiger partial charge is 0.342 e. The number of nitrogens with zero attached hydrogens (tertiary/aromatic N) is 2. The third kappa shape index (κ3) is 5.35. The van der Waals surface area contributed by atoms with Crippen LogP contribution in [0.4, 0.5) is 0 Å². The maximum atomic E-state index is 13.4. The van der Waals surface area contributed by atoms with Crippen molar-refractivity contribution in [2.45, 2.75) is 38.1 Å². The van der Waals surface area contributed by atoms with E-state index in [-0.39, 0.29) is 23.9 Å². The number of benzene rings is 2. The summed E-state index contributed by atoms with van der Waals surface area (Å²) >= 11 is 12.6. The first-order valence-corrected chi connectivity index (χ1v) is 12.2. The molecule has 0 bridgehead atoms. The molecule has 0 saturated carbocycles. The monoisotopic (exact) mass is 468 g/mol. The van der Waals surface area contributed by atoms with E-state index in [1.54, 1.807) is 47.4 Å². The summed E-state index contributed by atoms with van der Waals surface area (Å²) in [7, 11) is -3.93. The van der Waals surface area contributed by atoms with Crippen LogP contribution in [0.3, 0.4) is 0 Å². The normalized spacial score (nSPS) is 15.6. The SMILES string of the molecule is Cc1ccc(S(=O)(=O)N(CC(=O)N2CCC(C)CC2)Cc2c(Cl)cccc2Cl)cc1. The summed E-state index contributed by atoms with van der Waals surface area (Å²) < 4.78 is 28.0. The summed E-state index contributed by atoms with van der Waals surface area (Å²) in [6.07, 6.45) is 1.85. The molecule has 3 rings (SSSR count). The average molecular weight is 469 g/mol. The number of carbonyl (C=O) groups is 1. The van der Waals surface area contributed by atoms with E-state index in [0.29, 0.717) is 34.6 Å². The summed E-state index contributed by atoms with van der Waals surface area (Å²) in [5.41, 5.74) is 1.43. The molecule has 2 aromatic rings. The Morgan fingerprint density at radius 1 is 1.07 bits per heavy atom. The van der Waals surface area contributed by atoms with Gasteiger partial charge in [0, 0.05) is 35.2 Å². The molecule has 1 aliphatic rings. The average Bonchev–Trinajstić information content (AvgIpc) is 2.70. The van der Waals surface area contributed by atoms with Gasteiger partial charge >= 0.3 is 0 Å². The molecule has 1 fully saturated rings.